The van der Waals surface area contributed by atoms with Crippen LogP contribution in [0.15, 0.2) is 77.7 Å². The summed E-state index contributed by atoms with van der Waals surface area (Å²) in [6.45, 7) is 2.36. The molecule has 4 N–H and O–H groups in total. The first-order valence-electron chi connectivity index (χ1n) is 11.8. The zero-order chi connectivity index (χ0) is 30.5. The Hall–Kier alpha value is -4.56. The van der Waals surface area contributed by atoms with Gasteiger partial charge in [0.1, 0.15) is 17.5 Å². The van der Waals surface area contributed by atoms with Crippen LogP contribution in [0.5, 0.6) is 0 Å². The van der Waals surface area contributed by atoms with Crippen LogP contribution in [-0.2, 0) is 21.2 Å². The molecule has 216 valence electrons. The fourth-order valence-corrected chi connectivity index (χ4v) is 4.61. The summed E-state index contributed by atoms with van der Waals surface area (Å²) in [7, 11) is -3.50. The standard InChI is InChI=1S/C25H23FN4O3S.C2HF3O2/c1-16-12-23(30(29-16)19-7-5-6-17(13-19)15-27)25(31)28-22-11-10-18(14-21(22)26)20-8-3-4-9-24(20)34(2,32)33;3-2(4,5)1(6)7/h3-14H,15,27H2,1-2H3,(H,28,31);(H,6,7). The van der Waals surface area contributed by atoms with Gasteiger partial charge < -0.3 is 21.0 Å². The van der Waals surface area contributed by atoms with E-state index in [1.165, 1.54) is 22.9 Å². The predicted octanol–water partition coefficient (Wildman–Crippen LogP) is 2.68. The van der Waals surface area contributed by atoms with E-state index in [9.17, 15) is 30.8 Å². The Morgan fingerprint density at radius 1 is 1.02 bits per heavy atom. The lowest BCUT2D eigenvalue weighted by Gasteiger charge is -2.12. The van der Waals surface area contributed by atoms with Gasteiger partial charge in [0.25, 0.3) is 5.91 Å². The highest BCUT2D eigenvalue weighted by atomic mass is 32.2. The third-order valence-corrected chi connectivity index (χ3v) is 6.71. The summed E-state index contributed by atoms with van der Waals surface area (Å²) in [5, 5.41) is 15.8. The number of carbonyl (C=O) groups excluding carboxylic acids is 2. The Balaban J connectivity index is 0.000000587. The average molecular weight is 593 g/mol. The van der Waals surface area contributed by atoms with Gasteiger partial charge in [-0.2, -0.15) is 18.3 Å². The number of quaternary nitrogens is 1. The topological polar surface area (TPSA) is 149 Å². The van der Waals surface area contributed by atoms with Crippen LogP contribution in [0.25, 0.3) is 16.8 Å². The number of rotatable bonds is 6. The third kappa shape index (κ3) is 7.77. The molecule has 1 amide bonds. The summed E-state index contributed by atoms with van der Waals surface area (Å²) >= 11 is 0. The van der Waals surface area contributed by atoms with Gasteiger partial charge in [-0.3, -0.25) is 4.79 Å². The Morgan fingerprint density at radius 2 is 1.68 bits per heavy atom. The Labute approximate surface area is 232 Å². The molecule has 1 aromatic heterocycles. The quantitative estimate of drug-likeness (QED) is 0.329. The summed E-state index contributed by atoms with van der Waals surface area (Å²) in [6.07, 6.45) is -4.09. The van der Waals surface area contributed by atoms with Crippen molar-refractivity contribution in [2.75, 3.05) is 11.6 Å². The molecular formula is C27H24F4N4O5S. The van der Waals surface area contributed by atoms with Crippen LogP contribution in [0.3, 0.4) is 0 Å². The molecule has 0 aliphatic carbocycles. The largest absolute Gasteiger partial charge is 0.542 e. The average Bonchev–Trinajstić information content (AvgIpc) is 3.31. The number of halogens is 4. The second kappa shape index (κ2) is 12.3. The SMILES string of the molecule is Cc1cc(C(=O)Nc2ccc(-c3ccccc3S(C)(=O)=O)cc2F)n(-c2cccc(C[NH3+])c2)n1.O=C([O-])C(F)(F)F. The molecule has 0 fully saturated rings. The van der Waals surface area contributed by atoms with E-state index in [1.54, 1.807) is 37.3 Å². The summed E-state index contributed by atoms with van der Waals surface area (Å²) < 4.78 is 72.3. The van der Waals surface area contributed by atoms with Gasteiger partial charge in [0, 0.05) is 17.4 Å². The summed E-state index contributed by atoms with van der Waals surface area (Å²) in [6, 6.07) is 19.7. The lowest BCUT2D eigenvalue weighted by Crippen LogP contribution is -2.47. The van der Waals surface area contributed by atoms with E-state index < -0.39 is 33.7 Å². The molecule has 1 heterocycles. The van der Waals surface area contributed by atoms with Gasteiger partial charge in [0.05, 0.1) is 28.5 Å². The lowest BCUT2D eigenvalue weighted by molar-refractivity contribution is -0.386. The lowest BCUT2D eigenvalue weighted by atomic mass is 10.0. The molecule has 0 atom stereocenters. The summed E-state index contributed by atoms with van der Waals surface area (Å²) in [4.78, 5) is 21.9. The number of aryl methyl sites for hydroxylation is 1. The van der Waals surface area contributed by atoms with E-state index in [2.05, 4.69) is 16.1 Å². The second-order valence-corrected chi connectivity index (χ2v) is 10.7. The minimum atomic E-state index is -5.19. The first kappa shape index (κ1) is 31.0. The number of amides is 1. The van der Waals surface area contributed by atoms with Crippen LogP contribution >= 0.6 is 0 Å². The molecule has 0 saturated heterocycles. The number of hydrogen-bond acceptors (Lipinski definition) is 6. The second-order valence-electron chi connectivity index (χ2n) is 8.70. The zero-order valence-electron chi connectivity index (χ0n) is 21.7. The van der Waals surface area contributed by atoms with E-state index in [0.29, 0.717) is 29.1 Å². The van der Waals surface area contributed by atoms with Crippen molar-refractivity contribution < 1.29 is 46.4 Å². The number of carboxylic acid groups (broad SMARTS) is 1. The molecule has 0 radical (unpaired) electrons. The number of aromatic nitrogens is 2. The van der Waals surface area contributed by atoms with E-state index in [0.717, 1.165) is 11.8 Å². The highest BCUT2D eigenvalue weighted by Gasteiger charge is 2.28. The molecule has 9 nitrogen and oxygen atoms in total. The minimum absolute atomic E-state index is 0.0255. The molecule has 14 heteroatoms. The van der Waals surface area contributed by atoms with Gasteiger partial charge in [-0.1, -0.05) is 36.4 Å². The number of alkyl halides is 3. The van der Waals surface area contributed by atoms with Crippen LogP contribution in [0.2, 0.25) is 0 Å². The molecule has 0 unspecified atom stereocenters. The number of nitrogens with zero attached hydrogens (tertiary/aromatic N) is 2. The van der Waals surface area contributed by atoms with E-state index in [4.69, 9.17) is 9.90 Å². The number of nitrogens with one attached hydrogen (secondary N) is 1. The van der Waals surface area contributed by atoms with Crippen LogP contribution in [0.4, 0.5) is 23.2 Å². The molecule has 0 aliphatic heterocycles. The first-order valence-corrected chi connectivity index (χ1v) is 13.6. The van der Waals surface area contributed by atoms with Gasteiger partial charge in [-0.15, -0.1) is 0 Å². The van der Waals surface area contributed by atoms with Crippen molar-refractivity contribution in [1.82, 2.24) is 9.78 Å². The molecule has 41 heavy (non-hydrogen) atoms. The monoisotopic (exact) mass is 592 g/mol. The van der Waals surface area contributed by atoms with Gasteiger partial charge in [0.15, 0.2) is 9.84 Å². The van der Waals surface area contributed by atoms with Crippen molar-refractivity contribution in [2.24, 2.45) is 0 Å². The number of benzene rings is 3. The van der Waals surface area contributed by atoms with Crippen LogP contribution in [0.1, 0.15) is 21.7 Å². The third-order valence-electron chi connectivity index (χ3n) is 5.55. The highest BCUT2D eigenvalue weighted by Crippen LogP contribution is 2.30. The number of carboxylic acids is 1. The summed E-state index contributed by atoms with van der Waals surface area (Å²) in [5.74, 6) is -4.22. The Morgan fingerprint density at radius 3 is 2.27 bits per heavy atom. The fourth-order valence-electron chi connectivity index (χ4n) is 3.70. The minimum Gasteiger partial charge on any atom is -0.542 e. The van der Waals surface area contributed by atoms with Crippen molar-refractivity contribution in [3.05, 3.63) is 95.6 Å². The molecule has 0 spiro atoms. The maximum absolute atomic E-state index is 15.0. The number of anilines is 1. The molecule has 4 aromatic rings. The Kier molecular flexibility index (Phi) is 9.30. The smallest absolute Gasteiger partial charge is 0.430 e. The first-order chi connectivity index (χ1) is 19.1. The molecule has 0 bridgehead atoms. The van der Waals surface area contributed by atoms with E-state index in [1.807, 2.05) is 24.3 Å². The van der Waals surface area contributed by atoms with Gasteiger partial charge in [-0.05, 0) is 48.9 Å². The number of sulfone groups is 1. The van der Waals surface area contributed by atoms with Crippen LogP contribution < -0.4 is 16.2 Å². The maximum Gasteiger partial charge on any atom is 0.430 e. The van der Waals surface area contributed by atoms with E-state index >= 15 is 0 Å². The van der Waals surface area contributed by atoms with Gasteiger partial charge in [-0.25, -0.2) is 17.5 Å². The molecule has 0 saturated carbocycles. The predicted molar refractivity (Wildman–Crippen MR) is 139 cm³/mol. The molecule has 3 aromatic carbocycles. The van der Waals surface area contributed by atoms with Crippen LogP contribution in [0, 0.1) is 12.7 Å². The molecule has 4 rings (SSSR count). The van der Waals surface area contributed by atoms with Gasteiger partial charge in [0.2, 0.25) is 0 Å². The number of aliphatic carboxylic acids is 1. The van der Waals surface area contributed by atoms with Crippen molar-refractivity contribution in [2.45, 2.75) is 24.5 Å². The highest BCUT2D eigenvalue weighted by molar-refractivity contribution is 7.90. The van der Waals surface area contributed by atoms with Gasteiger partial charge >= 0.3 is 6.18 Å². The van der Waals surface area contributed by atoms with Crippen molar-refractivity contribution >= 4 is 27.4 Å². The van der Waals surface area contributed by atoms with E-state index in [-0.39, 0.29) is 16.3 Å². The van der Waals surface area contributed by atoms with Crippen LogP contribution in [-0.4, -0.2) is 42.5 Å². The molecule has 0 aliphatic rings. The fraction of sp³-hybridized carbons (Fsp3) is 0.148. The van der Waals surface area contributed by atoms with Crippen molar-refractivity contribution in [3.8, 4) is 16.8 Å². The Bertz CT molecular complexity index is 1700. The maximum atomic E-state index is 15.0. The number of carbonyl (C=O) groups is 2. The number of hydrogen-bond donors (Lipinski definition) is 2. The zero-order valence-corrected chi connectivity index (χ0v) is 22.5. The normalized spacial score (nSPS) is 11.4. The van der Waals surface area contributed by atoms with Crippen molar-refractivity contribution in [1.29, 1.82) is 0 Å². The molecular weight excluding hydrogens is 568 g/mol. The van der Waals surface area contributed by atoms with Crippen molar-refractivity contribution in [3.63, 3.8) is 0 Å². The summed E-state index contributed by atoms with van der Waals surface area (Å²) in [5.41, 5.74) is 7.22.